The number of amides is 2. The van der Waals surface area contributed by atoms with Crippen molar-refractivity contribution < 1.29 is 9.59 Å². The molecule has 1 atom stereocenters. The zero-order valence-electron chi connectivity index (χ0n) is 16.0. The predicted molar refractivity (Wildman–Crippen MR) is 104 cm³/mol. The van der Waals surface area contributed by atoms with E-state index in [2.05, 4.69) is 19.1 Å². The Hall–Kier alpha value is -2.62. The summed E-state index contributed by atoms with van der Waals surface area (Å²) in [5, 5.41) is 0. The molecule has 1 unspecified atom stereocenters. The molecule has 136 valence electrons. The second-order valence-electron chi connectivity index (χ2n) is 7.33. The SMILES string of the molecule is Cc1cc(C)c(N2CC(C(=O)N(C)Cc3ccccc3)CC2=O)c(C)c1. The van der Waals surface area contributed by atoms with Crippen molar-refractivity contribution in [2.75, 3.05) is 18.5 Å². The van der Waals surface area contributed by atoms with Gasteiger partial charge >= 0.3 is 0 Å². The Morgan fingerprint density at radius 1 is 1.12 bits per heavy atom. The lowest BCUT2D eigenvalue weighted by Crippen LogP contribution is -2.34. The van der Waals surface area contributed by atoms with Gasteiger partial charge in [-0.05, 0) is 37.5 Å². The van der Waals surface area contributed by atoms with Crippen LogP contribution in [0.25, 0.3) is 0 Å². The number of anilines is 1. The zero-order chi connectivity index (χ0) is 18.8. The average Bonchev–Trinajstić information content (AvgIpc) is 2.95. The molecule has 26 heavy (non-hydrogen) atoms. The summed E-state index contributed by atoms with van der Waals surface area (Å²) in [4.78, 5) is 29.0. The minimum absolute atomic E-state index is 0.0338. The van der Waals surface area contributed by atoms with Crippen LogP contribution in [0.1, 0.15) is 28.7 Å². The zero-order valence-corrected chi connectivity index (χ0v) is 16.0. The van der Waals surface area contributed by atoms with E-state index in [1.807, 2.05) is 51.2 Å². The normalized spacial score (nSPS) is 16.8. The van der Waals surface area contributed by atoms with E-state index in [4.69, 9.17) is 0 Å². The molecule has 0 radical (unpaired) electrons. The third kappa shape index (κ3) is 3.64. The Morgan fingerprint density at radius 3 is 2.35 bits per heavy atom. The molecular formula is C22H26N2O2. The minimum atomic E-state index is -0.281. The summed E-state index contributed by atoms with van der Waals surface area (Å²) >= 11 is 0. The summed E-state index contributed by atoms with van der Waals surface area (Å²) < 4.78 is 0. The molecule has 1 saturated heterocycles. The number of rotatable bonds is 4. The van der Waals surface area contributed by atoms with Crippen LogP contribution < -0.4 is 4.90 Å². The fraction of sp³-hybridized carbons (Fsp3) is 0.364. The second kappa shape index (κ2) is 7.32. The lowest BCUT2D eigenvalue weighted by Gasteiger charge is -2.24. The Kier molecular flexibility index (Phi) is 5.12. The molecule has 1 heterocycles. The monoisotopic (exact) mass is 350 g/mol. The van der Waals surface area contributed by atoms with Crippen molar-refractivity contribution >= 4 is 17.5 Å². The topological polar surface area (TPSA) is 40.6 Å². The maximum absolute atomic E-state index is 12.8. The smallest absolute Gasteiger partial charge is 0.228 e. The maximum Gasteiger partial charge on any atom is 0.228 e. The van der Waals surface area contributed by atoms with E-state index in [9.17, 15) is 9.59 Å². The number of carbonyl (C=O) groups is 2. The van der Waals surface area contributed by atoms with Crippen LogP contribution in [-0.2, 0) is 16.1 Å². The van der Waals surface area contributed by atoms with Crippen LogP contribution in [0.5, 0.6) is 0 Å². The van der Waals surface area contributed by atoms with Gasteiger partial charge in [0.25, 0.3) is 0 Å². The van der Waals surface area contributed by atoms with Crippen LogP contribution in [0.15, 0.2) is 42.5 Å². The van der Waals surface area contributed by atoms with Crippen molar-refractivity contribution in [1.82, 2.24) is 4.90 Å². The molecule has 0 bridgehead atoms. The van der Waals surface area contributed by atoms with Gasteiger partial charge in [-0.15, -0.1) is 0 Å². The molecule has 0 spiro atoms. The van der Waals surface area contributed by atoms with E-state index in [1.165, 1.54) is 5.56 Å². The third-order valence-corrected chi connectivity index (χ3v) is 5.02. The van der Waals surface area contributed by atoms with Crippen LogP contribution in [0.2, 0.25) is 0 Å². The molecule has 1 aliphatic heterocycles. The lowest BCUT2D eigenvalue weighted by molar-refractivity contribution is -0.135. The first kappa shape index (κ1) is 18.2. The Labute approximate surface area is 155 Å². The Morgan fingerprint density at radius 2 is 1.73 bits per heavy atom. The molecule has 0 aliphatic carbocycles. The number of aryl methyl sites for hydroxylation is 3. The third-order valence-electron chi connectivity index (χ3n) is 5.02. The largest absolute Gasteiger partial charge is 0.341 e. The summed E-state index contributed by atoms with van der Waals surface area (Å²) in [5.41, 5.74) is 5.41. The molecule has 0 saturated carbocycles. The number of hydrogen-bond donors (Lipinski definition) is 0. The highest BCUT2D eigenvalue weighted by Gasteiger charge is 2.37. The van der Waals surface area contributed by atoms with E-state index in [1.54, 1.807) is 9.80 Å². The Balaban J connectivity index is 1.74. The van der Waals surface area contributed by atoms with Gasteiger partial charge in [0.15, 0.2) is 0 Å². The van der Waals surface area contributed by atoms with Gasteiger partial charge in [-0.3, -0.25) is 9.59 Å². The van der Waals surface area contributed by atoms with Gasteiger partial charge in [0.2, 0.25) is 11.8 Å². The van der Waals surface area contributed by atoms with Crippen molar-refractivity contribution in [1.29, 1.82) is 0 Å². The van der Waals surface area contributed by atoms with Gasteiger partial charge in [-0.2, -0.15) is 0 Å². The van der Waals surface area contributed by atoms with Crippen LogP contribution in [0.3, 0.4) is 0 Å². The van der Waals surface area contributed by atoms with Crippen molar-refractivity contribution in [2.45, 2.75) is 33.7 Å². The molecule has 1 fully saturated rings. The fourth-order valence-corrected chi connectivity index (χ4v) is 3.93. The highest BCUT2D eigenvalue weighted by Crippen LogP contribution is 2.32. The van der Waals surface area contributed by atoms with Gasteiger partial charge in [-0.25, -0.2) is 0 Å². The first-order chi connectivity index (χ1) is 12.4. The number of nitrogens with zero attached hydrogens (tertiary/aromatic N) is 2. The number of hydrogen-bond acceptors (Lipinski definition) is 2. The van der Waals surface area contributed by atoms with Crippen LogP contribution in [0, 0.1) is 26.7 Å². The first-order valence-electron chi connectivity index (χ1n) is 9.04. The average molecular weight is 350 g/mol. The quantitative estimate of drug-likeness (QED) is 0.845. The summed E-state index contributed by atoms with van der Waals surface area (Å²) in [6, 6.07) is 14.1. The maximum atomic E-state index is 12.8. The summed E-state index contributed by atoms with van der Waals surface area (Å²) in [5.74, 6) is -0.213. The highest BCUT2D eigenvalue weighted by molar-refractivity contribution is 6.01. The molecular weight excluding hydrogens is 324 g/mol. The van der Waals surface area contributed by atoms with Crippen LogP contribution in [-0.4, -0.2) is 30.3 Å². The van der Waals surface area contributed by atoms with Gasteiger partial charge in [0, 0.05) is 32.2 Å². The fourth-order valence-electron chi connectivity index (χ4n) is 3.93. The first-order valence-corrected chi connectivity index (χ1v) is 9.04. The molecule has 4 heteroatoms. The van der Waals surface area contributed by atoms with E-state index < -0.39 is 0 Å². The van der Waals surface area contributed by atoms with Gasteiger partial charge < -0.3 is 9.80 Å². The van der Waals surface area contributed by atoms with Crippen LogP contribution >= 0.6 is 0 Å². The predicted octanol–water partition coefficient (Wildman–Crippen LogP) is 3.62. The van der Waals surface area contributed by atoms with E-state index in [0.29, 0.717) is 13.1 Å². The Bertz CT molecular complexity index is 806. The molecule has 4 nitrogen and oxygen atoms in total. The molecule has 2 aromatic carbocycles. The molecule has 2 aromatic rings. The van der Waals surface area contributed by atoms with Crippen molar-refractivity contribution in [2.24, 2.45) is 5.92 Å². The van der Waals surface area contributed by atoms with Crippen molar-refractivity contribution in [3.8, 4) is 0 Å². The molecule has 2 amide bonds. The lowest BCUT2D eigenvalue weighted by atomic mass is 10.0. The number of carbonyl (C=O) groups excluding carboxylic acids is 2. The van der Waals surface area contributed by atoms with Gasteiger partial charge in [0.1, 0.15) is 0 Å². The van der Waals surface area contributed by atoms with Gasteiger partial charge in [0.05, 0.1) is 5.92 Å². The number of benzene rings is 2. The summed E-state index contributed by atoms with van der Waals surface area (Å²) in [6.45, 7) is 7.13. The van der Waals surface area contributed by atoms with E-state index >= 15 is 0 Å². The molecule has 1 aliphatic rings. The molecule has 0 aromatic heterocycles. The second-order valence-corrected chi connectivity index (χ2v) is 7.33. The van der Waals surface area contributed by atoms with Crippen LogP contribution in [0.4, 0.5) is 5.69 Å². The molecule has 3 rings (SSSR count). The standard InChI is InChI=1S/C22H26N2O2/c1-15-10-16(2)21(17(3)11-15)24-14-19(12-20(24)25)22(26)23(4)13-18-8-6-5-7-9-18/h5-11,19H,12-14H2,1-4H3. The summed E-state index contributed by atoms with van der Waals surface area (Å²) in [6.07, 6.45) is 0.282. The minimum Gasteiger partial charge on any atom is -0.341 e. The van der Waals surface area contributed by atoms with Crippen molar-refractivity contribution in [3.63, 3.8) is 0 Å². The molecule has 0 N–H and O–H groups in total. The van der Waals surface area contributed by atoms with Gasteiger partial charge in [-0.1, -0.05) is 48.0 Å². The van der Waals surface area contributed by atoms with Crippen molar-refractivity contribution in [3.05, 3.63) is 64.7 Å². The van der Waals surface area contributed by atoms with E-state index in [-0.39, 0.29) is 24.2 Å². The summed E-state index contributed by atoms with van der Waals surface area (Å²) in [7, 11) is 1.81. The highest BCUT2D eigenvalue weighted by atomic mass is 16.2. The van der Waals surface area contributed by atoms with E-state index in [0.717, 1.165) is 22.4 Å².